The summed E-state index contributed by atoms with van der Waals surface area (Å²) in [5, 5.41) is 2.84. The molecule has 0 aliphatic rings. The van der Waals surface area contributed by atoms with Crippen molar-refractivity contribution in [1.29, 1.82) is 0 Å². The lowest BCUT2D eigenvalue weighted by Gasteiger charge is -2.20. The fraction of sp³-hybridized carbons (Fsp3) is 0.208. The van der Waals surface area contributed by atoms with E-state index in [4.69, 9.17) is 4.74 Å². The van der Waals surface area contributed by atoms with E-state index in [1.54, 1.807) is 54.6 Å². The minimum atomic E-state index is -3.69. The van der Waals surface area contributed by atoms with Gasteiger partial charge in [0, 0.05) is 30.4 Å². The molecule has 3 rings (SSSR count). The largest absolute Gasteiger partial charge is 0.494 e. The van der Waals surface area contributed by atoms with Crippen LogP contribution in [0.1, 0.15) is 28.4 Å². The number of amides is 1. The molecule has 7 heteroatoms. The summed E-state index contributed by atoms with van der Waals surface area (Å²) in [6.45, 7) is 4.25. The van der Waals surface area contributed by atoms with E-state index < -0.39 is 10.0 Å². The topological polar surface area (TPSA) is 75.7 Å². The van der Waals surface area contributed by atoms with Gasteiger partial charge in [0.15, 0.2) is 0 Å². The minimum Gasteiger partial charge on any atom is -0.494 e. The number of rotatable bonds is 8. The maximum Gasteiger partial charge on any atom is 0.255 e. The predicted molar refractivity (Wildman–Crippen MR) is 122 cm³/mol. The zero-order chi connectivity index (χ0) is 22.4. The van der Waals surface area contributed by atoms with Crippen molar-refractivity contribution in [3.63, 3.8) is 0 Å². The third kappa shape index (κ3) is 5.51. The molecule has 0 unspecified atom stereocenters. The summed E-state index contributed by atoms with van der Waals surface area (Å²) >= 11 is 0. The lowest BCUT2D eigenvalue weighted by atomic mass is 10.1. The number of hydrogen-bond acceptors (Lipinski definition) is 4. The predicted octanol–water partition coefficient (Wildman–Crippen LogP) is 4.47. The van der Waals surface area contributed by atoms with Crippen LogP contribution in [-0.2, 0) is 16.6 Å². The molecule has 0 spiro atoms. The van der Waals surface area contributed by atoms with Crippen molar-refractivity contribution in [1.82, 2.24) is 4.31 Å². The van der Waals surface area contributed by atoms with E-state index in [1.165, 1.54) is 11.4 Å². The molecule has 1 N–H and O–H groups in total. The number of carbonyl (C=O) groups is 1. The second kappa shape index (κ2) is 9.76. The van der Waals surface area contributed by atoms with Gasteiger partial charge in [-0.15, -0.1) is 0 Å². The Morgan fingerprint density at radius 2 is 1.68 bits per heavy atom. The van der Waals surface area contributed by atoms with Crippen LogP contribution in [-0.4, -0.2) is 32.3 Å². The first-order valence-corrected chi connectivity index (χ1v) is 11.4. The molecule has 6 nitrogen and oxygen atoms in total. The highest BCUT2D eigenvalue weighted by Crippen LogP contribution is 2.25. The monoisotopic (exact) mass is 438 g/mol. The van der Waals surface area contributed by atoms with E-state index in [-0.39, 0.29) is 17.3 Å². The molecule has 3 aromatic rings. The number of benzene rings is 3. The van der Waals surface area contributed by atoms with Gasteiger partial charge in [0.1, 0.15) is 5.75 Å². The molecule has 0 saturated carbocycles. The second-order valence-corrected chi connectivity index (χ2v) is 9.19. The standard InChI is InChI=1S/C24H26N2O4S/c1-4-30-23-15-12-19(24(27)25-21-8-6-5-7-9-21)16-20(23)17-26(3)31(28,29)22-13-10-18(2)11-14-22/h5-16H,4,17H2,1-3H3,(H,25,27). The van der Waals surface area contributed by atoms with Crippen LogP contribution >= 0.6 is 0 Å². The van der Waals surface area contributed by atoms with Crippen LogP contribution in [0.3, 0.4) is 0 Å². The Hall–Kier alpha value is -3.16. The first kappa shape index (κ1) is 22.5. The van der Waals surface area contributed by atoms with Crippen LogP contribution < -0.4 is 10.1 Å². The summed E-state index contributed by atoms with van der Waals surface area (Å²) in [7, 11) is -2.17. The molecule has 0 aliphatic carbocycles. The average molecular weight is 439 g/mol. The summed E-state index contributed by atoms with van der Waals surface area (Å²) < 4.78 is 32.9. The number of hydrogen-bond donors (Lipinski definition) is 1. The summed E-state index contributed by atoms with van der Waals surface area (Å²) in [5.74, 6) is 0.268. The lowest BCUT2D eigenvalue weighted by molar-refractivity contribution is 0.102. The first-order chi connectivity index (χ1) is 14.8. The Balaban J connectivity index is 1.86. The van der Waals surface area contributed by atoms with Gasteiger partial charge in [0.2, 0.25) is 10.0 Å². The lowest BCUT2D eigenvalue weighted by Crippen LogP contribution is -2.27. The van der Waals surface area contributed by atoms with E-state index in [0.29, 0.717) is 29.2 Å². The number of ether oxygens (including phenoxy) is 1. The zero-order valence-electron chi connectivity index (χ0n) is 17.8. The van der Waals surface area contributed by atoms with Crippen molar-refractivity contribution in [2.24, 2.45) is 0 Å². The molecule has 0 aliphatic heterocycles. The Morgan fingerprint density at radius 3 is 2.32 bits per heavy atom. The van der Waals surface area contributed by atoms with Crippen LogP contribution in [0, 0.1) is 6.92 Å². The fourth-order valence-electron chi connectivity index (χ4n) is 3.08. The smallest absolute Gasteiger partial charge is 0.255 e. The van der Waals surface area contributed by atoms with E-state index >= 15 is 0 Å². The van der Waals surface area contributed by atoms with Crippen LogP contribution in [0.5, 0.6) is 5.75 Å². The van der Waals surface area contributed by atoms with Gasteiger partial charge in [0.25, 0.3) is 5.91 Å². The summed E-state index contributed by atoms with van der Waals surface area (Å²) in [6, 6.07) is 20.9. The molecular weight excluding hydrogens is 412 g/mol. The van der Waals surface area contributed by atoms with E-state index in [0.717, 1.165) is 5.56 Å². The third-order valence-corrected chi connectivity index (χ3v) is 6.59. The Kier molecular flexibility index (Phi) is 7.09. The molecule has 0 atom stereocenters. The molecular formula is C24H26N2O4S. The molecule has 0 radical (unpaired) electrons. The molecule has 3 aromatic carbocycles. The van der Waals surface area contributed by atoms with Crippen LogP contribution in [0.25, 0.3) is 0 Å². The highest BCUT2D eigenvalue weighted by Gasteiger charge is 2.22. The first-order valence-electron chi connectivity index (χ1n) is 9.96. The minimum absolute atomic E-state index is 0.0675. The van der Waals surface area contributed by atoms with Gasteiger partial charge in [-0.25, -0.2) is 8.42 Å². The van der Waals surface area contributed by atoms with E-state index in [9.17, 15) is 13.2 Å². The van der Waals surface area contributed by atoms with Crippen LogP contribution in [0.4, 0.5) is 5.69 Å². The number of nitrogens with zero attached hydrogens (tertiary/aromatic N) is 1. The molecule has 162 valence electrons. The van der Waals surface area contributed by atoms with Crippen molar-refractivity contribution >= 4 is 21.6 Å². The summed E-state index contributed by atoms with van der Waals surface area (Å²) in [4.78, 5) is 12.9. The van der Waals surface area contributed by atoms with Crippen molar-refractivity contribution in [3.05, 3.63) is 89.5 Å². The van der Waals surface area contributed by atoms with Gasteiger partial charge in [-0.05, 0) is 56.3 Å². The van der Waals surface area contributed by atoms with Crippen molar-refractivity contribution in [3.8, 4) is 5.75 Å². The highest BCUT2D eigenvalue weighted by atomic mass is 32.2. The maximum absolute atomic E-state index is 13.0. The van der Waals surface area contributed by atoms with Gasteiger partial charge in [0.05, 0.1) is 11.5 Å². The summed E-state index contributed by atoms with van der Waals surface area (Å²) in [5.41, 5.74) is 2.70. The highest BCUT2D eigenvalue weighted by molar-refractivity contribution is 7.89. The second-order valence-electron chi connectivity index (χ2n) is 7.15. The van der Waals surface area contributed by atoms with Crippen molar-refractivity contribution in [2.75, 3.05) is 19.0 Å². The number of carbonyl (C=O) groups excluding carboxylic acids is 1. The van der Waals surface area contributed by atoms with E-state index in [2.05, 4.69) is 5.32 Å². The van der Waals surface area contributed by atoms with Crippen molar-refractivity contribution < 1.29 is 17.9 Å². The molecule has 1 amide bonds. The number of anilines is 1. The normalized spacial score (nSPS) is 11.4. The van der Waals surface area contributed by atoms with Crippen LogP contribution in [0.2, 0.25) is 0 Å². The van der Waals surface area contributed by atoms with Crippen molar-refractivity contribution in [2.45, 2.75) is 25.3 Å². The number of nitrogens with one attached hydrogen (secondary N) is 1. The van der Waals surface area contributed by atoms with Gasteiger partial charge in [-0.1, -0.05) is 35.9 Å². The molecule has 0 aromatic heterocycles. The van der Waals surface area contributed by atoms with Crippen LogP contribution in [0.15, 0.2) is 77.7 Å². The third-order valence-electron chi connectivity index (χ3n) is 4.78. The fourth-order valence-corrected chi connectivity index (χ4v) is 4.23. The molecule has 0 heterocycles. The van der Waals surface area contributed by atoms with Gasteiger partial charge in [-0.3, -0.25) is 4.79 Å². The van der Waals surface area contributed by atoms with Gasteiger partial charge >= 0.3 is 0 Å². The molecule has 0 fully saturated rings. The Bertz CT molecular complexity index is 1140. The molecule has 0 saturated heterocycles. The number of sulfonamides is 1. The number of para-hydroxylation sites is 1. The summed E-state index contributed by atoms with van der Waals surface area (Å²) in [6.07, 6.45) is 0. The average Bonchev–Trinajstić information content (AvgIpc) is 2.76. The van der Waals surface area contributed by atoms with Gasteiger partial charge in [-0.2, -0.15) is 4.31 Å². The molecule has 31 heavy (non-hydrogen) atoms. The molecule has 0 bridgehead atoms. The number of aryl methyl sites for hydroxylation is 1. The van der Waals surface area contributed by atoms with E-state index in [1.807, 2.05) is 32.0 Å². The quantitative estimate of drug-likeness (QED) is 0.563. The Labute approximate surface area is 183 Å². The SMILES string of the molecule is CCOc1ccc(C(=O)Nc2ccccc2)cc1CN(C)S(=O)(=O)c1ccc(C)cc1. The van der Waals surface area contributed by atoms with Gasteiger partial charge < -0.3 is 10.1 Å². The maximum atomic E-state index is 13.0. The zero-order valence-corrected chi connectivity index (χ0v) is 18.6. The Morgan fingerprint density at radius 1 is 1.00 bits per heavy atom.